The molecule has 1 aromatic carbocycles. The molecule has 0 bridgehead atoms. The molecule has 18 heavy (non-hydrogen) atoms. The van der Waals surface area contributed by atoms with Gasteiger partial charge in [-0.3, -0.25) is 4.79 Å². The molecule has 0 saturated carbocycles. The van der Waals surface area contributed by atoms with Crippen molar-refractivity contribution in [3.05, 3.63) is 33.8 Å². The predicted molar refractivity (Wildman–Crippen MR) is 70.3 cm³/mol. The lowest BCUT2D eigenvalue weighted by atomic mass is 10.0. The summed E-state index contributed by atoms with van der Waals surface area (Å²) in [6, 6.07) is 2.48. The van der Waals surface area contributed by atoms with Crippen LogP contribution in [-0.4, -0.2) is 11.8 Å². The summed E-state index contributed by atoms with van der Waals surface area (Å²) < 4.78 is 27.2. The minimum Gasteiger partial charge on any atom is -0.328 e. The van der Waals surface area contributed by atoms with Crippen molar-refractivity contribution in [2.75, 3.05) is 0 Å². The highest BCUT2D eigenvalue weighted by molar-refractivity contribution is 9.10. The summed E-state index contributed by atoms with van der Waals surface area (Å²) in [4.78, 5) is 11.6. The van der Waals surface area contributed by atoms with E-state index in [9.17, 15) is 13.6 Å². The first-order valence-corrected chi connectivity index (χ1v) is 6.60. The van der Waals surface area contributed by atoms with Gasteiger partial charge in [0, 0.05) is 24.4 Å². The molecule has 0 heterocycles. The summed E-state index contributed by atoms with van der Waals surface area (Å²) in [6.07, 6.45) is 1.46. The van der Waals surface area contributed by atoms with Gasteiger partial charge in [0.2, 0.25) is 0 Å². The fourth-order valence-electron chi connectivity index (χ4n) is 1.64. The first kappa shape index (κ1) is 15.2. The lowest BCUT2D eigenvalue weighted by Crippen LogP contribution is -2.15. The molecule has 1 atom stereocenters. The Kier molecular flexibility index (Phi) is 5.88. The second kappa shape index (κ2) is 6.95. The Morgan fingerprint density at radius 3 is 2.72 bits per heavy atom. The van der Waals surface area contributed by atoms with Gasteiger partial charge in [0.25, 0.3) is 0 Å². The van der Waals surface area contributed by atoms with Crippen molar-refractivity contribution >= 4 is 21.7 Å². The molecule has 2 nitrogen and oxygen atoms in total. The van der Waals surface area contributed by atoms with Gasteiger partial charge in [-0.1, -0.05) is 0 Å². The number of hydrogen-bond acceptors (Lipinski definition) is 2. The van der Waals surface area contributed by atoms with Crippen LogP contribution in [0.15, 0.2) is 16.6 Å². The topological polar surface area (TPSA) is 43.1 Å². The van der Waals surface area contributed by atoms with E-state index >= 15 is 0 Å². The fraction of sp³-hybridized carbons (Fsp3) is 0.462. The number of Topliss-reactive ketones (excluding diaryl/α,β-unsaturated/α-hetero) is 1. The molecule has 100 valence electrons. The Balaban J connectivity index is 2.62. The normalized spacial score (nSPS) is 12.5. The van der Waals surface area contributed by atoms with Gasteiger partial charge in [-0.2, -0.15) is 0 Å². The van der Waals surface area contributed by atoms with Crippen LogP contribution in [0.4, 0.5) is 8.78 Å². The predicted octanol–water partition coefficient (Wildman–Crippen LogP) is 3.36. The van der Waals surface area contributed by atoms with E-state index in [1.54, 1.807) is 0 Å². The average molecular weight is 320 g/mol. The second-order valence-electron chi connectivity index (χ2n) is 4.41. The molecule has 0 fully saturated rings. The van der Waals surface area contributed by atoms with Crippen LogP contribution in [-0.2, 0) is 11.2 Å². The highest BCUT2D eigenvalue weighted by Crippen LogP contribution is 2.22. The second-order valence-corrected chi connectivity index (χ2v) is 5.26. The van der Waals surface area contributed by atoms with E-state index < -0.39 is 11.6 Å². The summed E-state index contributed by atoms with van der Waals surface area (Å²) in [7, 11) is 0. The Hall–Kier alpha value is -0.810. The van der Waals surface area contributed by atoms with Crippen LogP contribution < -0.4 is 5.73 Å². The monoisotopic (exact) mass is 319 g/mol. The van der Waals surface area contributed by atoms with Gasteiger partial charge in [-0.05, 0) is 47.8 Å². The van der Waals surface area contributed by atoms with E-state index in [4.69, 9.17) is 5.73 Å². The Labute approximate surface area is 114 Å². The van der Waals surface area contributed by atoms with Gasteiger partial charge in [0.15, 0.2) is 0 Å². The zero-order valence-electron chi connectivity index (χ0n) is 10.2. The summed E-state index contributed by atoms with van der Waals surface area (Å²) in [6.45, 7) is 1.86. The molecule has 5 heteroatoms. The fourth-order valence-corrected chi connectivity index (χ4v) is 2.01. The van der Waals surface area contributed by atoms with Crippen molar-refractivity contribution < 1.29 is 13.6 Å². The lowest BCUT2D eigenvalue weighted by molar-refractivity contribution is -0.118. The van der Waals surface area contributed by atoms with Crippen LogP contribution in [0.1, 0.15) is 31.7 Å². The van der Waals surface area contributed by atoms with Crippen molar-refractivity contribution in [2.45, 2.75) is 38.6 Å². The maximum absolute atomic E-state index is 13.6. The van der Waals surface area contributed by atoms with Gasteiger partial charge in [0.05, 0.1) is 4.47 Å². The van der Waals surface area contributed by atoms with Crippen LogP contribution in [0, 0.1) is 11.6 Å². The molecule has 1 rings (SSSR count). The highest BCUT2D eigenvalue weighted by Gasteiger charge is 2.15. The summed E-state index contributed by atoms with van der Waals surface area (Å²) in [5.41, 5.74) is 5.39. The third-order valence-electron chi connectivity index (χ3n) is 2.63. The lowest BCUT2D eigenvalue weighted by Gasteiger charge is -2.07. The number of hydrogen-bond donors (Lipinski definition) is 1. The first-order valence-electron chi connectivity index (χ1n) is 5.81. The van der Waals surface area contributed by atoms with E-state index in [0.717, 1.165) is 12.5 Å². The van der Waals surface area contributed by atoms with E-state index in [-0.39, 0.29) is 28.3 Å². The largest absolute Gasteiger partial charge is 0.328 e. The van der Waals surface area contributed by atoms with Crippen molar-refractivity contribution in [3.8, 4) is 0 Å². The van der Waals surface area contributed by atoms with Gasteiger partial charge >= 0.3 is 0 Å². The first-order chi connectivity index (χ1) is 8.41. The Bertz CT molecular complexity index is 435. The number of benzene rings is 1. The van der Waals surface area contributed by atoms with Crippen LogP contribution in [0.2, 0.25) is 0 Å². The standard InChI is InChI=1S/C13H16BrF2NO/c1-8(17)3-2-4-9(18)7-10-12(15)6-5-11(14)13(10)16/h5-6,8H,2-4,7,17H2,1H3. The third kappa shape index (κ3) is 4.46. The maximum atomic E-state index is 13.6. The van der Waals surface area contributed by atoms with Crippen molar-refractivity contribution in [1.82, 2.24) is 0 Å². The van der Waals surface area contributed by atoms with Gasteiger partial charge in [-0.15, -0.1) is 0 Å². The van der Waals surface area contributed by atoms with Crippen molar-refractivity contribution in [2.24, 2.45) is 5.73 Å². The molecule has 1 aromatic rings. The molecule has 0 aromatic heterocycles. The smallest absolute Gasteiger partial charge is 0.143 e. The average Bonchev–Trinajstić information content (AvgIpc) is 2.29. The number of rotatable bonds is 6. The van der Waals surface area contributed by atoms with Crippen LogP contribution in [0.3, 0.4) is 0 Å². The molecule has 0 aliphatic heterocycles. The Morgan fingerprint density at radius 1 is 1.44 bits per heavy atom. The summed E-state index contributed by atoms with van der Waals surface area (Å²) >= 11 is 2.97. The van der Waals surface area contributed by atoms with Gasteiger partial charge in [-0.25, -0.2) is 8.78 Å². The van der Waals surface area contributed by atoms with Crippen LogP contribution in [0.25, 0.3) is 0 Å². The summed E-state index contributed by atoms with van der Waals surface area (Å²) in [5, 5.41) is 0. The molecule has 1 unspecified atom stereocenters. The highest BCUT2D eigenvalue weighted by atomic mass is 79.9. The molecule has 0 aliphatic rings. The summed E-state index contributed by atoms with van der Waals surface area (Å²) in [5.74, 6) is -1.56. The van der Waals surface area contributed by atoms with E-state index in [1.807, 2.05) is 6.92 Å². The zero-order chi connectivity index (χ0) is 13.7. The number of carbonyl (C=O) groups is 1. The molecule has 0 saturated heterocycles. The Morgan fingerprint density at radius 2 is 2.11 bits per heavy atom. The van der Waals surface area contributed by atoms with Crippen molar-refractivity contribution in [3.63, 3.8) is 0 Å². The molecule has 2 N–H and O–H groups in total. The van der Waals surface area contributed by atoms with Gasteiger partial charge < -0.3 is 5.73 Å². The van der Waals surface area contributed by atoms with E-state index in [1.165, 1.54) is 6.07 Å². The zero-order valence-corrected chi connectivity index (χ0v) is 11.8. The molecule has 0 radical (unpaired) electrons. The van der Waals surface area contributed by atoms with E-state index in [2.05, 4.69) is 15.9 Å². The maximum Gasteiger partial charge on any atom is 0.143 e. The SMILES string of the molecule is CC(N)CCCC(=O)Cc1c(F)ccc(Br)c1F. The number of nitrogens with two attached hydrogens (primary N) is 1. The molecule has 0 amide bonds. The van der Waals surface area contributed by atoms with Crippen LogP contribution in [0.5, 0.6) is 0 Å². The minimum atomic E-state index is -0.699. The number of carbonyl (C=O) groups excluding carboxylic acids is 1. The van der Waals surface area contributed by atoms with Gasteiger partial charge in [0.1, 0.15) is 17.4 Å². The van der Waals surface area contributed by atoms with Crippen molar-refractivity contribution in [1.29, 1.82) is 0 Å². The van der Waals surface area contributed by atoms with E-state index in [0.29, 0.717) is 12.8 Å². The molecule has 0 spiro atoms. The molecular weight excluding hydrogens is 304 g/mol. The number of halogens is 3. The number of ketones is 1. The minimum absolute atomic E-state index is 0.0390. The molecule has 0 aliphatic carbocycles. The third-order valence-corrected chi connectivity index (χ3v) is 3.24. The molecular formula is C13H16BrF2NO. The quantitative estimate of drug-likeness (QED) is 0.817. The van der Waals surface area contributed by atoms with Crippen LogP contribution >= 0.6 is 15.9 Å².